The van der Waals surface area contributed by atoms with Crippen molar-refractivity contribution in [3.63, 3.8) is 0 Å². The number of carbonyl (C=O) groups excluding carboxylic acids is 1. The molecule has 23 heavy (non-hydrogen) atoms. The number of carbonyl (C=O) groups is 1. The second kappa shape index (κ2) is 5.68. The van der Waals surface area contributed by atoms with Crippen molar-refractivity contribution in [2.24, 2.45) is 7.05 Å². The molecule has 0 N–H and O–H groups in total. The molecule has 1 aromatic heterocycles. The van der Waals surface area contributed by atoms with Gasteiger partial charge in [-0.3, -0.25) is 4.79 Å². The molecule has 0 bridgehead atoms. The third-order valence-corrected chi connectivity index (χ3v) is 5.71. The second-order valence-corrected chi connectivity index (χ2v) is 7.07. The standard InChI is InChI=1S/C19H25N3O/c1-20-11-5-9-17(20)18-10-6-12-22(18)19(23)15-13-21(2)16-8-4-3-7-14(15)16/h3-4,7-8,13,17-18H,5-6,9-12H2,1-2H3/t17-,18-/m0/s1. The highest BCUT2D eigenvalue weighted by Gasteiger charge is 2.39. The van der Waals surface area contributed by atoms with Crippen molar-refractivity contribution in [1.82, 2.24) is 14.4 Å². The van der Waals surface area contributed by atoms with Gasteiger partial charge in [0.2, 0.25) is 0 Å². The Hall–Kier alpha value is -1.81. The lowest BCUT2D eigenvalue weighted by atomic mass is 10.0. The summed E-state index contributed by atoms with van der Waals surface area (Å²) in [6, 6.07) is 9.12. The highest BCUT2D eigenvalue weighted by atomic mass is 16.2. The molecule has 1 amide bonds. The number of amides is 1. The Morgan fingerprint density at radius 2 is 1.78 bits per heavy atom. The van der Waals surface area contributed by atoms with E-state index in [9.17, 15) is 4.79 Å². The smallest absolute Gasteiger partial charge is 0.256 e. The first kappa shape index (κ1) is 14.8. The molecular weight excluding hydrogens is 286 g/mol. The summed E-state index contributed by atoms with van der Waals surface area (Å²) in [4.78, 5) is 17.8. The molecule has 0 radical (unpaired) electrons. The Bertz CT molecular complexity index is 735. The fourth-order valence-electron chi connectivity index (χ4n) is 4.53. The number of para-hydroxylation sites is 1. The fourth-order valence-corrected chi connectivity index (χ4v) is 4.53. The summed E-state index contributed by atoms with van der Waals surface area (Å²) in [6.45, 7) is 2.06. The van der Waals surface area contributed by atoms with Crippen LogP contribution in [0.25, 0.3) is 10.9 Å². The monoisotopic (exact) mass is 311 g/mol. The molecule has 4 rings (SSSR count). The number of rotatable bonds is 2. The Balaban J connectivity index is 1.67. The first-order valence-corrected chi connectivity index (χ1v) is 8.72. The number of aryl methyl sites for hydroxylation is 1. The third kappa shape index (κ3) is 2.36. The molecule has 122 valence electrons. The van der Waals surface area contributed by atoms with Gasteiger partial charge in [-0.25, -0.2) is 0 Å². The normalized spacial score (nSPS) is 25.6. The average Bonchev–Trinajstić information content (AvgIpc) is 3.26. The van der Waals surface area contributed by atoms with E-state index >= 15 is 0 Å². The van der Waals surface area contributed by atoms with E-state index in [-0.39, 0.29) is 5.91 Å². The molecule has 2 saturated heterocycles. The minimum atomic E-state index is 0.213. The number of fused-ring (bicyclic) bond motifs is 1. The van der Waals surface area contributed by atoms with Gasteiger partial charge in [-0.15, -0.1) is 0 Å². The van der Waals surface area contributed by atoms with Crippen molar-refractivity contribution in [1.29, 1.82) is 0 Å². The highest BCUT2D eigenvalue weighted by Crippen LogP contribution is 2.31. The number of likely N-dealkylation sites (tertiary alicyclic amines) is 2. The van der Waals surface area contributed by atoms with E-state index in [1.54, 1.807) is 0 Å². The Morgan fingerprint density at radius 3 is 2.57 bits per heavy atom. The Labute approximate surface area is 137 Å². The van der Waals surface area contributed by atoms with Gasteiger partial charge in [0.15, 0.2) is 0 Å². The Morgan fingerprint density at radius 1 is 1.04 bits per heavy atom. The molecule has 0 spiro atoms. The summed E-state index contributed by atoms with van der Waals surface area (Å²) in [5.74, 6) is 0.213. The van der Waals surface area contributed by atoms with Crippen molar-refractivity contribution in [2.45, 2.75) is 37.8 Å². The number of benzene rings is 1. The molecular formula is C19H25N3O. The molecule has 2 aliphatic heterocycles. The molecule has 0 unspecified atom stereocenters. The molecule has 2 aromatic rings. The van der Waals surface area contributed by atoms with Gasteiger partial charge in [0.1, 0.15) is 0 Å². The lowest BCUT2D eigenvalue weighted by Crippen LogP contribution is -2.47. The van der Waals surface area contributed by atoms with Crippen molar-refractivity contribution >= 4 is 16.8 Å². The minimum absolute atomic E-state index is 0.213. The van der Waals surface area contributed by atoms with Crippen LogP contribution in [0, 0.1) is 0 Å². The molecule has 4 nitrogen and oxygen atoms in total. The van der Waals surface area contributed by atoms with Crippen LogP contribution in [-0.2, 0) is 7.05 Å². The van der Waals surface area contributed by atoms with Gasteiger partial charge in [0.25, 0.3) is 5.91 Å². The topological polar surface area (TPSA) is 28.5 Å². The predicted octanol–water partition coefficient (Wildman–Crippen LogP) is 2.88. The third-order valence-electron chi connectivity index (χ3n) is 5.71. The second-order valence-electron chi connectivity index (χ2n) is 7.07. The molecule has 0 aliphatic carbocycles. The summed E-state index contributed by atoms with van der Waals surface area (Å²) in [5.41, 5.74) is 1.99. The largest absolute Gasteiger partial charge is 0.350 e. The maximum absolute atomic E-state index is 13.2. The van der Waals surface area contributed by atoms with Crippen molar-refractivity contribution < 1.29 is 4.79 Å². The lowest BCUT2D eigenvalue weighted by molar-refractivity contribution is 0.0666. The SMILES string of the molecule is CN1CCC[C@H]1[C@@H]1CCCN1C(=O)c1cn(C)c2ccccc12. The van der Waals surface area contributed by atoms with Crippen LogP contribution in [0.2, 0.25) is 0 Å². The Kier molecular flexibility index (Phi) is 3.64. The maximum atomic E-state index is 13.2. The summed E-state index contributed by atoms with van der Waals surface area (Å²) in [6.07, 6.45) is 6.76. The van der Waals surface area contributed by atoms with E-state index in [0.29, 0.717) is 12.1 Å². The van der Waals surface area contributed by atoms with Crippen molar-refractivity contribution in [3.05, 3.63) is 36.0 Å². The van der Waals surface area contributed by atoms with Gasteiger partial charge in [-0.2, -0.15) is 0 Å². The molecule has 3 heterocycles. The average molecular weight is 311 g/mol. The van der Waals surface area contributed by atoms with Crippen LogP contribution in [0.3, 0.4) is 0 Å². The predicted molar refractivity (Wildman–Crippen MR) is 92.6 cm³/mol. The summed E-state index contributed by atoms with van der Waals surface area (Å²) in [5, 5.41) is 1.07. The van der Waals surface area contributed by atoms with E-state index < -0.39 is 0 Å². The van der Waals surface area contributed by atoms with Gasteiger partial charge in [0.05, 0.1) is 5.56 Å². The van der Waals surface area contributed by atoms with Gasteiger partial charge in [0, 0.05) is 42.8 Å². The minimum Gasteiger partial charge on any atom is -0.350 e. The van der Waals surface area contributed by atoms with Crippen LogP contribution in [0.15, 0.2) is 30.5 Å². The zero-order valence-electron chi connectivity index (χ0n) is 14.0. The molecule has 0 saturated carbocycles. The van der Waals surface area contributed by atoms with Crippen molar-refractivity contribution in [2.75, 3.05) is 20.1 Å². The van der Waals surface area contributed by atoms with Crippen LogP contribution in [-0.4, -0.2) is 52.5 Å². The number of hydrogen-bond donors (Lipinski definition) is 0. The van der Waals surface area contributed by atoms with Gasteiger partial charge in [-0.1, -0.05) is 18.2 Å². The zero-order chi connectivity index (χ0) is 16.0. The van der Waals surface area contributed by atoms with Crippen LogP contribution < -0.4 is 0 Å². The number of likely N-dealkylation sites (N-methyl/N-ethyl adjacent to an activating group) is 1. The van der Waals surface area contributed by atoms with E-state index in [2.05, 4.69) is 33.5 Å². The number of aromatic nitrogens is 1. The van der Waals surface area contributed by atoms with E-state index in [1.807, 2.05) is 25.4 Å². The number of nitrogens with zero attached hydrogens (tertiary/aromatic N) is 3. The lowest BCUT2D eigenvalue weighted by Gasteiger charge is -2.33. The van der Waals surface area contributed by atoms with E-state index in [4.69, 9.17) is 0 Å². The van der Waals surface area contributed by atoms with E-state index in [1.165, 1.54) is 12.8 Å². The fraction of sp³-hybridized carbons (Fsp3) is 0.526. The van der Waals surface area contributed by atoms with Crippen LogP contribution in [0.5, 0.6) is 0 Å². The summed E-state index contributed by atoms with van der Waals surface area (Å²) >= 11 is 0. The van der Waals surface area contributed by atoms with Gasteiger partial charge >= 0.3 is 0 Å². The van der Waals surface area contributed by atoms with Gasteiger partial charge < -0.3 is 14.4 Å². The first-order valence-electron chi connectivity index (χ1n) is 8.72. The maximum Gasteiger partial charge on any atom is 0.256 e. The molecule has 2 aliphatic rings. The van der Waals surface area contributed by atoms with Crippen LogP contribution in [0.1, 0.15) is 36.0 Å². The molecule has 2 fully saturated rings. The van der Waals surface area contributed by atoms with E-state index in [0.717, 1.165) is 42.4 Å². The molecule has 4 heteroatoms. The zero-order valence-corrected chi connectivity index (χ0v) is 14.0. The first-order chi connectivity index (χ1) is 11.2. The van der Waals surface area contributed by atoms with Crippen LogP contribution in [0.4, 0.5) is 0 Å². The molecule has 2 atom stereocenters. The highest BCUT2D eigenvalue weighted by molar-refractivity contribution is 6.07. The van der Waals surface area contributed by atoms with Crippen molar-refractivity contribution in [3.8, 4) is 0 Å². The van der Waals surface area contributed by atoms with Crippen LogP contribution >= 0.6 is 0 Å². The quantitative estimate of drug-likeness (QED) is 0.853. The summed E-state index contributed by atoms with van der Waals surface area (Å²) < 4.78 is 2.06. The van der Waals surface area contributed by atoms with Gasteiger partial charge in [-0.05, 0) is 45.3 Å². The number of hydrogen-bond acceptors (Lipinski definition) is 2. The summed E-state index contributed by atoms with van der Waals surface area (Å²) in [7, 11) is 4.22. The molecule has 1 aromatic carbocycles.